The number of carbonyl (C=O) groups excluding carboxylic acids is 1. The topological polar surface area (TPSA) is 102 Å². The van der Waals surface area contributed by atoms with Crippen molar-refractivity contribution in [1.29, 1.82) is 0 Å². The second-order valence-electron chi connectivity index (χ2n) is 10.3. The molecule has 43 heavy (non-hydrogen) atoms. The zero-order chi connectivity index (χ0) is 30.5. The lowest BCUT2D eigenvalue weighted by Gasteiger charge is -2.18. The molecule has 5 aromatic rings. The van der Waals surface area contributed by atoms with Crippen molar-refractivity contribution in [3.05, 3.63) is 99.7 Å². The van der Waals surface area contributed by atoms with E-state index in [0.717, 1.165) is 36.4 Å². The molecule has 0 aliphatic rings. The van der Waals surface area contributed by atoms with Crippen molar-refractivity contribution in [1.82, 2.24) is 9.88 Å². The molecule has 0 atom stereocenters. The number of nitrogens with one attached hydrogen (secondary N) is 2. The van der Waals surface area contributed by atoms with Crippen LogP contribution in [0.15, 0.2) is 77.6 Å². The molecule has 1 aromatic heterocycles. The van der Waals surface area contributed by atoms with E-state index in [-0.39, 0.29) is 11.3 Å². The molecule has 4 aromatic carbocycles. The van der Waals surface area contributed by atoms with Crippen LogP contribution in [0.1, 0.15) is 21.5 Å². The zero-order valence-electron chi connectivity index (χ0n) is 24.9. The second kappa shape index (κ2) is 12.9. The lowest BCUT2D eigenvalue weighted by molar-refractivity contribution is 0.102. The molecule has 0 unspecified atom stereocenters. The number of hydrogen-bond acceptors (Lipinski definition) is 7. The molecule has 0 saturated heterocycles. The van der Waals surface area contributed by atoms with E-state index in [1.165, 1.54) is 14.2 Å². The number of benzene rings is 4. The smallest absolute Gasteiger partial charge is 0.257 e. The van der Waals surface area contributed by atoms with Crippen molar-refractivity contribution in [2.45, 2.75) is 13.0 Å². The number of methoxy groups -OCH3 is 4. The molecule has 0 spiro atoms. The molecule has 222 valence electrons. The van der Waals surface area contributed by atoms with E-state index in [4.69, 9.17) is 18.9 Å². The van der Waals surface area contributed by atoms with Crippen LogP contribution in [0, 0.1) is 0 Å². The van der Waals surface area contributed by atoms with Gasteiger partial charge in [0.05, 0.1) is 50.4 Å². The molecule has 0 aliphatic heterocycles. The monoisotopic (exact) mass is 581 g/mol. The first-order chi connectivity index (χ1) is 20.8. The van der Waals surface area contributed by atoms with Crippen molar-refractivity contribution in [2.75, 3.05) is 47.3 Å². The van der Waals surface area contributed by atoms with Gasteiger partial charge in [0.25, 0.3) is 5.91 Å². The Morgan fingerprint density at radius 3 is 2.19 bits per heavy atom. The first kappa shape index (κ1) is 29.5. The third kappa shape index (κ3) is 6.27. The van der Waals surface area contributed by atoms with Gasteiger partial charge in [-0.1, -0.05) is 24.3 Å². The van der Waals surface area contributed by atoms with E-state index in [1.807, 2.05) is 42.5 Å². The van der Waals surface area contributed by atoms with Gasteiger partial charge >= 0.3 is 0 Å². The Kier molecular flexibility index (Phi) is 8.82. The molecule has 0 fully saturated rings. The minimum absolute atomic E-state index is 0.212. The normalized spacial score (nSPS) is 11.1. The fraction of sp³-hybridized carbons (Fsp3) is 0.235. The summed E-state index contributed by atoms with van der Waals surface area (Å²) < 4.78 is 21.6. The number of amides is 1. The predicted molar refractivity (Wildman–Crippen MR) is 169 cm³/mol. The van der Waals surface area contributed by atoms with Gasteiger partial charge in [-0.05, 0) is 67.1 Å². The quantitative estimate of drug-likeness (QED) is 0.195. The fourth-order valence-electron chi connectivity index (χ4n) is 5.16. The minimum atomic E-state index is -0.324. The Hall–Kier alpha value is -5.02. The number of pyridine rings is 1. The van der Waals surface area contributed by atoms with Gasteiger partial charge in [-0.2, -0.15) is 0 Å². The van der Waals surface area contributed by atoms with Crippen LogP contribution in [-0.2, 0) is 13.0 Å². The Morgan fingerprint density at radius 2 is 1.49 bits per heavy atom. The zero-order valence-corrected chi connectivity index (χ0v) is 24.9. The van der Waals surface area contributed by atoms with Gasteiger partial charge in [-0.3, -0.25) is 9.59 Å². The first-order valence-electron chi connectivity index (χ1n) is 13.9. The highest BCUT2D eigenvalue weighted by Crippen LogP contribution is 2.31. The molecular formula is C34H35N3O6. The number of para-hydroxylation sites is 1. The molecule has 1 heterocycles. The van der Waals surface area contributed by atoms with Crippen LogP contribution in [-0.4, -0.2) is 57.8 Å². The van der Waals surface area contributed by atoms with E-state index < -0.39 is 0 Å². The van der Waals surface area contributed by atoms with Crippen LogP contribution in [0.2, 0.25) is 0 Å². The van der Waals surface area contributed by atoms with Gasteiger partial charge < -0.3 is 34.1 Å². The molecule has 1 amide bonds. The number of ether oxygens (including phenoxy) is 4. The number of rotatable bonds is 11. The van der Waals surface area contributed by atoms with Crippen molar-refractivity contribution >= 4 is 33.4 Å². The Morgan fingerprint density at radius 1 is 0.767 bits per heavy atom. The summed E-state index contributed by atoms with van der Waals surface area (Å²) >= 11 is 0. The summed E-state index contributed by atoms with van der Waals surface area (Å²) in [6.45, 7) is 1.63. The van der Waals surface area contributed by atoms with Gasteiger partial charge in [0, 0.05) is 30.2 Å². The number of anilines is 1. The van der Waals surface area contributed by atoms with Crippen LogP contribution in [0.25, 0.3) is 21.8 Å². The summed E-state index contributed by atoms with van der Waals surface area (Å²) in [7, 11) is 8.40. The largest absolute Gasteiger partial charge is 0.497 e. The summed E-state index contributed by atoms with van der Waals surface area (Å²) in [5.41, 5.74) is 4.04. The maximum absolute atomic E-state index is 13.4. The van der Waals surface area contributed by atoms with Gasteiger partial charge in [-0.15, -0.1) is 0 Å². The van der Waals surface area contributed by atoms with Crippen molar-refractivity contribution in [2.24, 2.45) is 0 Å². The Labute approximate surface area is 249 Å². The summed E-state index contributed by atoms with van der Waals surface area (Å²) in [6, 6.07) is 22.2. The maximum Gasteiger partial charge on any atom is 0.257 e. The summed E-state index contributed by atoms with van der Waals surface area (Å²) in [5, 5.41) is 3.79. The maximum atomic E-state index is 13.4. The molecule has 9 nitrogen and oxygen atoms in total. The number of aromatic amines is 1. The fourth-order valence-corrected chi connectivity index (χ4v) is 5.16. The molecule has 5 rings (SSSR count). The van der Waals surface area contributed by atoms with Crippen LogP contribution in [0.4, 0.5) is 5.69 Å². The van der Waals surface area contributed by atoms with E-state index >= 15 is 0 Å². The summed E-state index contributed by atoms with van der Waals surface area (Å²) in [4.78, 5) is 32.3. The number of carbonyl (C=O) groups is 1. The van der Waals surface area contributed by atoms with Crippen molar-refractivity contribution in [3.63, 3.8) is 0 Å². The average molecular weight is 582 g/mol. The highest BCUT2D eigenvalue weighted by Gasteiger charge is 2.17. The molecular weight excluding hydrogens is 546 g/mol. The number of likely N-dealkylation sites (N-methyl/N-ethyl adjacent to an activating group) is 1. The lowest BCUT2D eigenvalue weighted by atomic mass is 10.0. The highest BCUT2D eigenvalue weighted by atomic mass is 16.5. The van der Waals surface area contributed by atoms with Gasteiger partial charge in [-0.25, -0.2) is 0 Å². The van der Waals surface area contributed by atoms with E-state index in [9.17, 15) is 9.59 Å². The van der Waals surface area contributed by atoms with Gasteiger partial charge in [0.1, 0.15) is 11.5 Å². The molecule has 9 heteroatoms. The number of fused-ring (bicyclic) bond motifs is 2. The van der Waals surface area contributed by atoms with Crippen LogP contribution >= 0.6 is 0 Å². The number of nitrogens with zero attached hydrogens (tertiary/aromatic N) is 1. The van der Waals surface area contributed by atoms with Crippen molar-refractivity contribution in [3.8, 4) is 23.0 Å². The van der Waals surface area contributed by atoms with Crippen LogP contribution in [0.5, 0.6) is 23.0 Å². The van der Waals surface area contributed by atoms with E-state index in [1.54, 1.807) is 44.6 Å². The lowest BCUT2D eigenvalue weighted by Crippen LogP contribution is -2.20. The third-order valence-electron chi connectivity index (χ3n) is 7.47. The Balaban J connectivity index is 1.28. The Bertz CT molecular complexity index is 1830. The predicted octanol–water partition coefficient (Wildman–Crippen LogP) is 5.64. The second-order valence-corrected chi connectivity index (χ2v) is 10.3. The van der Waals surface area contributed by atoms with Crippen LogP contribution < -0.4 is 29.7 Å². The van der Waals surface area contributed by atoms with E-state index in [2.05, 4.69) is 22.2 Å². The average Bonchev–Trinajstić information content (AvgIpc) is 3.03. The SMILES string of the molecule is COc1cc(OC)c2[nH]c3c(C(=O)Nc4ccc(CCN(C)Cc5ccc(OC)c(OC)c5)cc4)cccc3c(=O)c2c1. The molecule has 0 radical (unpaired) electrons. The first-order valence-corrected chi connectivity index (χ1v) is 13.9. The molecule has 0 aliphatic carbocycles. The summed E-state index contributed by atoms with van der Waals surface area (Å²) in [5.74, 6) is 2.07. The molecule has 0 bridgehead atoms. The van der Waals surface area contributed by atoms with Gasteiger partial charge in [0.2, 0.25) is 0 Å². The number of aromatic nitrogens is 1. The molecule has 2 N–H and O–H groups in total. The minimum Gasteiger partial charge on any atom is -0.497 e. The van der Waals surface area contributed by atoms with Crippen LogP contribution in [0.3, 0.4) is 0 Å². The molecule has 0 saturated carbocycles. The van der Waals surface area contributed by atoms with Gasteiger partial charge in [0.15, 0.2) is 16.9 Å². The number of hydrogen-bond donors (Lipinski definition) is 2. The van der Waals surface area contributed by atoms with E-state index in [0.29, 0.717) is 50.3 Å². The summed E-state index contributed by atoms with van der Waals surface area (Å²) in [6.07, 6.45) is 0.849. The highest BCUT2D eigenvalue weighted by molar-refractivity contribution is 6.13. The van der Waals surface area contributed by atoms with Crippen molar-refractivity contribution < 1.29 is 23.7 Å². The standard InChI is InChI=1S/C34H35N3O6/c1-37(20-22-11-14-28(41-3)29(17-22)42-4)16-15-21-9-12-23(13-10-21)35-34(39)26-8-6-7-25-31(26)36-32-27(33(25)38)18-24(40-2)19-30(32)43-5/h6-14,17-19H,15-16,20H2,1-5H3,(H,35,39)(H,36,38). The third-order valence-corrected chi connectivity index (χ3v) is 7.47. The number of H-pyrrole nitrogens is 1.